The Morgan fingerprint density at radius 2 is 1.74 bits per heavy atom. The van der Waals surface area contributed by atoms with E-state index in [9.17, 15) is 4.79 Å². The normalized spacial score (nSPS) is 10.2. The van der Waals surface area contributed by atoms with Crippen LogP contribution >= 0.6 is 0 Å². The van der Waals surface area contributed by atoms with E-state index >= 15 is 0 Å². The molecule has 0 saturated heterocycles. The van der Waals surface area contributed by atoms with E-state index in [1.165, 1.54) is 0 Å². The first-order valence-electron chi connectivity index (χ1n) is 8.51. The number of nitrogens with zero attached hydrogens (tertiary/aromatic N) is 2. The van der Waals surface area contributed by atoms with E-state index in [4.69, 9.17) is 4.74 Å². The van der Waals surface area contributed by atoms with Crippen LogP contribution in [0.1, 0.15) is 10.5 Å². The Bertz CT molecular complexity index is 923. The molecule has 0 unspecified atom stereocenters. The molecule has 3 rings (SSSR count). The number of hydrogen-bond donors (Lipinski definition) is 2. The molecule has 6 nitrogen and oxygen atoms in total. The Morgan fingerprint density at radius 3 is 2.44 bits per heavy atom. The quantitative estimate of drug-likeness (QED) is 0.689. The summed E-state index contributed by atoms with van der Waals surface area (Å²) in [7, 11) is 5.58. The summed E-state index contributed by atoms with van der Waals surface area (Å²) in [6, 6.07) is 18.8. The lowest BCUT2D eigenvalue weighted by molar-refractivity contribution is 0.102. The third kappa shape index (κ3) is 4.76. The number of benzene rings is 2. The van der Waals surface area contributed by atoms with Gasteiger partial charge < -0.3 is 20.3 Å². The number of carbonyl (C=O) groups excluding carboxylic acids is 1. The first-order chi connectivity index (χ1) is 13.0. The van der Waals surface area contributed by atoms with E-state index in [0.717, 1.165) is 17.1 Å². The van der Waals surface area contributed by atoms with Crippen molar-refractivity contribution in [2.24, 2.45) is 0 Å². The van der Waals surface area contributed by atoms with Gasteiger partial charge in [-0.25, -0.2) is 0 Å². The molecule has 0 radical (unpaired) electrons. The van der Waals surface area contributed by atoms with Crippen LogP contribution in [0, 0.1) is 0 Å². The molecule has 2 aromatic carbocycles. The highest BCUT2D eigenvalue weighted by Gasteiger charge is 2.09. The number of nitrogens with one attached hydrogen (secondary N) is 2. The molecule has 0 fully saturated rings. The molecule has 6 heteroatoms. The second-order valence-electron chi connectivity index (χ2n) is 6.18. The molecule has 0 spiro atoms. The zero-order valence-electron chi connectivity index (χ0n) is 15.6. The average Bonchev–Trinajstić information content (AvgIpc) is 2.68. The van der Waals surface area contributed by atoms with Gasteiger partial charge in [-0.3, -0.25) is 9.78 Å². The largest absolute Gasteiger partial charge is 0.497 e. The lowest BCUT2D eigenvalue weighted by Crippen LogP contribution is -2.13. The van der Waals surface area contributed by atoms with Crippen LogP contribution in [0.3, 0.4) is 0 Å². The highest BCUT2D eigenvalue weighted by atomic mass is 16.5. The Labute approximate surface area is 158 Å². The summed E-state index contributed by atoms with van der Waals surface area (Å²) in [5.74, 6) is 0.396. The van der Waals surface area contributed by atoms with Crippen molar-refractivity contribution in [2.45, 2.75) is 0 Å². The number of aromatic nitrogens is 1. The highest BCUT2D eigenvalue weighted by molar-refractivity contribution is 6.03. The smallest absolute Gasteiger partial charge is 0.274 e. The van der Waals surface area contributed by atoms with Gasteiger partial charge >= 0.3 is 0 Å². The van der Waals surface area contributed by atoms with Gasteiger partial charge in [0.15, 0.2) is 0 Å². The maximum Gasteiger partial charge on any atom is 0.274 e. The summed E-state index contributed by atoms with van der Waals surface area (Å²) in [6.07, 6.45) is 1.61. The molecule has 1 heterocycles. The monoisotopic (exact) mass is 362 g/mol. The minimum Gasteiger partial charge on any atom is -0.497 e. The van der Waals surface area contributed by atoms with Gasteiger partial charge in [0.1, 0.15) is 11.4 Å². The van der Waals surface area contributed by atoms with E-state index in [0.29, 0.717) is 17.1 Å². The van der Waals surface area contributed by atoms with Gasteiger partial charge in [-0.2, -0.15) is 0 Å². The van der Waals surface area contributed by atoms with Gasteiger partial charge in [0.05, 0.1) is 7.11 Å². The number of pyridine rings is 1. The third-order valence-electron chi connectivity index (χ3n) is 3.99. The minimum atomic E-state index is -0.283. The minimum absolute atomic E-state index is 0.283. The number of ether oxygens (including phenoxy) is 1. The number of rotatable bonds is 6. The van der Waals surface area contributed by atoms with Crippen molar-refractivity contribution in [3.8, 4) is 5.75 Å². The SMILES string of the molecule is COc1cccc(NC(=O)c2cc(Nc3ccc(N(C)C)cc3)ccn2)c1. The fraction of sp³-hybridized carbons (Fsp3) is 0.143. The first kappa shape index (κ1) is 18.3. The number of carbonyl (C=O) groups is 1. The van der Waals surface area contributed by atoms with Crippen LogP contribution in [0.5, 0.6) is 5.75 Å². The topological polar surface area (TPSA) is 66.5 Å². The zero-order valence-corrected chi connectivity index (χ0v) is 15.6. The number of anilines is 4. The van der Waals surface area contributed by atoms with Crippen LogP contribution < -0.4 is 20.3 Å². The maximum atomic E-state index is 12.5. The molecule has 1 amide bonds. The van der Waals surface area contributed by atoms with Crippen molar-refractivity contribution in [1.82, 2.24) is 4.98 Å². The second-order valence-corrected chi connectivity index (χ2v) is 6.18. The Kier molecular flexibility index (Phi) is 5.56. The molecular formula is C21H22N4O2. The summed E-state index contributed by atoms with van der Waals surface area (Å²) >= 11 is 0. The van der Waals surface area contributed by atoms with E-state index in [1.54, 1.807) is 31.5 Å². The Morgan fingerprint density at radius 1 is 0.963 bits per heavy atom. The predicted molar refractivity (Wildman–Crippen MR) is 109 cm³/mol. The number of hydrogen-bond acceptors (Lipinski definition) is 5. The molecule has 0 saturated carbocycles. The highest BCUT2D eigenvalue weighted by Crippen LogP contribution is 2.21. The fourth-order valence-corrected chi connectivity index (χ4v) is 2.54. The van der Waals surface area contributed by atoms with Crippen LogP contribution in [0.2, 0.25) is 0 Å². The van der Waals surface area contributed by atoms with Crippen molar-refractivity contribution in [3.05, 3.63) is 72.6 Å². The zero-order chi connectivity index (χ0) is 19.2. The van der Waals surface area contributed by atoms with Gasteiger partial charge in [0, 0.05) is 49.1 Å². The van der Waals surface area contributed by atoms with Gasteiger partial charge in [0.2, 0.25) is 0 Å². The molecule has 3 aromatic rings. The van der Waals surface area contributed by atoms with Gasteiger partial charge in [0.25, 0.3) is 5.91 Å². The van der Waals surface area contributed by atoms with Crippen molar-refractivity contribution >= 4 is 28.7 Å². The van der Waals surface area contributed by atoms with Crippen LogP contribution in [0.4, 0.5) is 22.7 Å². The van der Waals surface area contributed by atoms with Crippen LogP contribution in [0.25, 0.3) is 0 Å². The summed E-state index contributed by atoms with van der Waals surface area (Å²) in [6.45, 7) is 0. The predicted octanol–water partition coefficient (Wildman–Crippen LogP) is 4.15. The van der Waals surface area contributed by atoms with Crippen LogP contribution in [-0.2, 0) is 0 Å². The van der Waals surface area contributed by atoms with E-state index < -0.39 is 0 Å². The van der Waals surface area contributed by atoms with Crippen molar-refractivity contribution in [1.29, 1.82) is 0 Å². The number of methoxy groups -OCH3 is 1. The van der Waals surface area contributed by atoms with E-state index in [1.807, 2.05) is 61.5 Å². The fourth-order valence-electron chi connectivity index (χ4n) is 2.54. The van der Waals surface area contributed by atoms with Crippen molar-refractivity contribution < 1.29 is 9.53 Å². The molecule has 0 aliphatic heterocycles. The van der Waals surface area contributed by atoms with E-state index in [2.05, 4.69) is 15.6 Å². The summed E-state index contributed by atoms with van der Waals surface area (Å²) in [5, 5.41) is 6.12. The molecule has 27 heavy (non-hydrogen) atoms. The molecule has 1 aromatic heterocycles. The molecule has 2 N–H and O–H groups in total. The summed E-state index contributed by atoms with van der Waals surface area (Å²) < 4.78 is 5.17. The molecule has 0 bridgehead atoms. The lowest BCUT2D eigenvalue weighted by Gasteiger charge is -2.13. The third-order valence-corrected chi connectivity index (χ3v) is 3.99. The molecule has 0 atom stereocenters. The first-order valence-corrected chi connectivity index (χ1v) is 8.51. The molecular weight excluding hydrogens is 340 g/mol. The second kappa shape index (κ2) is 8.23. The Balaban J connectivity index is 1.71. The molecule has 138 valence electrons. The Hall–Kier alpha value is -3.54. The van der Waals surface area contributed by atoms with E-state index in [-0.39, 0.29) is 5.91 Å². The summed E-state index contributed by atoms with van der Waals surface area (Å²) in [5.41, 5.74) is 3.82. The maximum absolute atomic E-state index is 12.5. The van der Waals surface area contributed by atoms with Gasteiger partial charge in [-0.1, -0.05) is 6.07 Å². The summed E-state index contributed by atoms with van der Waals surface area (Å²) in [4.78, 5) is 18.7. The number of amides is 1. The molecule has 0 aliphatic carbocycles. The van der Waals surface area contributed by atoms with Crippen LogP contribution in [0.15, 0.2) is 66.9 Å². The van der Waals surface area contributed by atoms with Crippen LogP contribution in [-0.4, -0.2) is 32.1 Å². The lowest BCUT2D eigenvalue weighted by atomic mass is 10.2. The van der Waals surface area contributed by atoms with Gasteiger partial charge in [-0.05, 0) is 48.5 Å². The van der Waals surface area contributed by atoms with Gasteiger partial charge in [-0.15, -0.1) is 0 Å². The van der Waals surface area contributed by atoms with Crippen molar-refractivity contribution in [3.63, 3.8) is 0 Å². The molecule has 0 aliphatic rings. The standard InChI is InChI=1S/C21H22N4O2/c1-25(2)18-9-7-15(8-10-18)23-17-11-12-22-20(14-17)21(26)24-16-5-4-6-19(13-16)27-3/h4-14H,1-3H3,(H,22,23)(H,24,26). The average molecular weight is 362 g/mol. The van der Waals surface area contributed by atoms with Crippen molar-refractivity contribution in [2.75, 3.05) is 36.7 Å².